The molecule has 0 aliphatic heterocycles. The zero-order valence-corrected chi connectivity index (χ0v) is 6.00. The summed E-state index contributed by atoms with van der Waals surface area (Å²) < 4.78 is 0. The maximum atomic E-state index is 9.98. The summed E-state index contributed by atoms with van der Waals surface area (Å²) in [5.41, 5.74) is 0. The average Bonchev–Trinajstić information content (AvgIpc) is 1.88. The smallest absolute Gasteiger partial charge is 0.370 e. The van der Waals surface area contributed by atoms with Gasteiger partial charge in [0.2, 0.25) is 0 Å². The fraction of sp³-hybridized carbons (Fsp3) is 0.571. The number of aliphatic hydroxyl groups excluding tert-OH is 1. The molecule has 0 amide bonds. The van der Waals surface area contributed by atoms with Gasteiger partial charge >= 0.3 is 5.97 Å². The molecule has 0 spiro atoms. The summed E-state index contributed by atoms with van der Waals surface area (Å²) in [5, 5.41) is 16.8. The Morgan fingerprint density at radius 1 is 1.50 bits per heavy atom. The number of allylic oxidation sites excluding steroid dienone is 1. The highest BCUT2D eigenvalue weighted by atomic mass is 16.4. The van der Waals surface area contributed by atoms with E-state index in [0.717, 1.165) is 12.8 Å². The Morgan fingerprint density at radius 2 is 2.10 bits per heavy atom. The molecule has 0 unspecified atom stereocenters. The Labute approximate surface area is 60.0 Å². The van der Waals surface area contributed by atoms with Crippen LogP contribution in [0.25, 0.3) is 0 Å². The van der Waals surface area contributed by atoms with E-state index in [1.165, 1.54) is 6.08 Å². The number of hydrogen-bond donors (Lipinski definition) is 2. The minimum atomic E-state index is -1.25. The first-order valence-corrected chi connectivity index (χ1v) is 3.31. The number of carboxylic acid groups (broad SMARTS) is 1. The van der Waals surface area contributed by atoms with Crippen molar-refractivity contribution in [3.05, 3.63) is 11.8 Å². The summed E-state index contributed by atoms with van der Waals surface area (Å²) in [4.78, 5) is 9.98. The maximum Gasteiger partial charge on any atom is 0.370 e. The van der Waals surface area contributed by atoms with E-state index in [1.54, 1.807) is 0 Å². The molecule has 2 N–H and O–H groups in total. The first-order valence-electron chi connectivity index (χ1n) is 3.31. The minimum absolute atomic E-state index is 0.548. The van der Waals surface area contributed by atoms with Gasteiger partial charge in [-0.15, -0.1) is 0 Å². The third-order valence-corrected chi connectivity index (χ3v) is 1.11. The van der Waals surface area contributed by atoms with Gasteiger partial charge in [0.1, 0.15) is 0 Å². The van der Waals surface area contributed by atoms with Crippen LogP contribution in [-0.4, -0.2) is 16.2 Å². The lowest BCUT2D eigenvalue weighted by atomic mass is 10.2. The van der Waals surface area contributed by atoms with Gasteiger partial charge in [-0.1, -0.05) is 13.3 Å². The first-order chi connectivity index (χ1) is 4.68. The molecule has 0 saturated heterocycles. The van der Waals surface area contributed by atoms with Crippen molar-refractivity contribution in [1.29, 1.82) is 0 Å². The van der Waals surface area contributed by atoms with Crippen LogP contribution in [0.1, 0.15) is 26.2 Å². The number of rotatable bonds is 4. The molecule has 0 heterocycles. The second-order valence-corrected chi connectivity index (χ2v) is 2.04. The van der Waals surface area contributed by atoms with Crippen molar-refractivity contribution >= 4 is 5.97 Å². The Balaban J connectivity index is 3.58. The van der Waals surface area contributed by atoms with Gasteiger partial charge in [0.25, 0.3) is 0 Å². The fourth-order valence-corrected chi connectivity index (χ4v) is 0.530. The van der Waals surface area contributed by atoms with Crippen LogP contribution in [0.5, 0.6) is 0 Å². The fourth-order valence-electron chi connectivity index (χ4n) is 0.530. The molecule has 0 aromatic heterocycles. The van der Waals surface area contributed by atoms with E-state index in [4.69, 9.17) is 10.2 Å². The van der Waals surface area contributed by atoms with Gasteiger partial charge in [-0.05, 0) is 18.9 Å². The Bertz CT molecular complexity index is 138. The molecule has 10 heavy (non-hydrogen) atoms. The molecular weight excluding hydrogens is 132 g/mol. The van der Waals surface area contributed by atoms with Crippen molar-refractivity contribution in [1.82, 2.24) is 0 Å². The van der Waals surface area contributed by atoms with Gasteiger partial charge in [0.15, 0.2) is 5.76 Å². The number of aliphatic hydroxyl groups is 1. The number of aliphatic carboxylic acids is 1. The van der Waals surface area contributed by atoms with Crippen molar-refractivity contribution < 1.29 is 15.0 Å². The summed E-state index contributed by atoms with van der Waals surface area (Å²) >= 11 is 0. The Kier molecular flexibility index (Phi) is 4.37. The standard InChI is InChI=1S/C7H12O3/c1-2-3-4-5-6(8)7(9)10/h5,8H,2-4H2,1H3,(H,9,10). The van der Waals surface area contributed by atoms with Crippen molar-refractivity contribution in [2.24, 2.45) is 0 Å². The molecule has 0 aliphatic carbocycles. The van der Waals surface area contributed by atoms with E-state index >= 15 is 0 Å². The van der Waals surface area contributed by atoms with Gasteiger partial charge in [-0.25, -0.2) is 4.79 Å². The van der Waals surface area contributed by atoms with Crippen LogP contribution in [-0.2, 0) is 4.79 Å². The molecule has 0 rings (SSSR count). The summed E-state index contributed by atoms with van der Waals surface area (Å²) in [6, 6.07) is 0. The van der Waals surface area contributed by atoms with Crippen LogP contribution in [0.15, 0.2) is 11.8 Å². The Hall–Kier alpha value is -0.990. The quantitative estimate of drug-likeness (QED) is 0.358. The molecule has 3 heteroatoms. The van der Waals surface area contributed by atoms with Gasteiger partial charge < -0.3 is 10.2 Å². The first kappa shape index (κ1) is 9.01. The zero-order valence-electron chi connectivity index (χ0n) is 6.00. The molecular formula is C7H12O3. The monoisotopic (exact) mass is 144 g/mol. The van der Waals surface area contributed by atoms with E-state index < -0.39 is 11.7 Å². The van der Waals surface area contributed by atoms with Crippen LogP contribution in [0.2, 0.25) is 0 Å². The molecule has 3 nitrogen and oxygen atoms in total. The van der Waals surface area contributed by atoms with Crippen molar-refractivity contribution in [3.8, 4) is 0 Å². The lowest BCUT2D eigenvalue weighted by Gasteiger charge is -1.90. The molecule has 58 valence electrons. The third-order valence-electron chi connectivity index (χ3n) is 1.11. The van der Waals surface area contributed by atoms with E-state index in [1.807, 2.05) is 6.92 Å². The van der Waals surface area contributed by atoms with Crippen LogP contribution >= 0.6 is 0 Å². The van der Waals surface area contributed by atoms with E-state index in [-0.39, 0.29) is 0 Å². The predicted octanol–water partition coefficient (Wildman–Crippen LogP) is 1.70. The zero-order chi connectivity index (χ0) is 7.98. The SMILES string of the molecule is CCCCC=C(O)C(=O)O. The highest BCUT2D eigenvalue weighted by Crippen LogP contribution is 1.98. The predicted molar refractivity (Wildman–Crippen MR) is 37.9 cm³/mol. The molecule has 0 bridgehead atoms. The van der Waals surface area contributed by atoms with Gasteiger partial charge in [0.05, 0.1) is 0 Å². The molecule has 0 saturated carbocycles. The van der Waals surface area contributed by atoms with Crippen molar-refractivity contribution in [3.63, 3.8) is 0 Å². The number of unbranched alkanes of at least 4 members (excludes halogenated alkanes) is 2. The van der Waals surface area contributed by atoms with Crippen molar-refractivity contribution in [2.45, 2.75) is 26.2 Å². The van der Waals surface area contributed by atoms with Gasteiger partial charge in [-0.2, -0.15) is 0 Å². The molecule has 0 atom stereocenters. The molecule has 0 aromatic carbocycles. The summed E-state index contributed by atoms with van der Waals surface area (Å²) in [5.74, 6) is -1.80. The Morgan fingerprint density at radius 3 is 2.50 bits per heavy atom. The van der Waals surface area contributed by atoms with Crippen LogP contribution < -0.4 is 0 Å². The van der Waals surface area contributed by atoms with Crippen molar-refractivity contribution in [2.75, 3.05) is 0 Å². The second-order valence-electron chi connectivity index (χ2n) is 2.04. The largest absolute Gasteiger partial charge is 0.502 e. The van der Waals surface area contributed by atoms with Crippen LogP contribution in [0.4, 0.5) is 0 Å². The topological polar surface area (TPSA) is 57.5 Å². The van der Waals surface area contributed by atoms with Gasteiger partial charge in [0, 0.05) is 0 Å². The second kappa shape index (κ2) is 4.85. The number of carbonyl (C=O) groups is 1. The maximum absolute atomic E-state index is 9.98. The normalized spacial score (nSPS) is 11.5. The van der Waals surface area contributed by atoms with Crippen LogP contribution in [0.3, 0.4) is 0 Å². The highest BCUT2D eigenvalue weighted by Gasteiger charge is 2.00. The average molecular weight is 144 g/mol. The molecule has 0 radical (unpaired) electrons. The van der Waals surface area contributed by atoms with Gasteiger partial charge in [-0.3, -0.25) is 0 Å². The number of carboxylic acids is 1. The minimum Gasteiger partial charge on any atom is -0.502 e. The lowest BCUT2D eigenvalue weighted by Crippen LogP contribution is -1.98. The summed E-state index contributed by atoms with van der Waals surface area (Å²) in [6.07, 6.45) is 3.88. The highest BCUT2D eigenvalue weighted by molar-refractivity contribution is 5.83. The summed E-state index contributed by atoms with van der Waals surface area (Å²) in [6.45, 7) is 2.01. The lowest BCUT2D eigenvalue weighted by molar-refractivity contribution is -0.135. The molecule has 0 aromatic rings. The third kappa shape index (κ3) is 3.95. The van der Waals surface area contributed by atoms with Crippen LogP contribution in [0, 0.1) is 0 Å². The molecule has 0 aliphatic rings. The molecule has 0 fully saturated rings. The summed E-state index contributed by atoms with van der Waals surface area (Å²) in [7, 11) is 0. The van der Waals surface area contributed by atoms with E-state index in [0.29, 0.717) is 6.42 Å². The van der Waals surface area contributed by atoms with E-state index in [9.17, 15) is 4.79 Å². The van der Waals surface area contributed by atoms with E-state index in [2.05, 4.69) is 0 Å². The number of hydrogen-bond acceptors (Lipinski definition) is 2.